The fourth-order valence-electron chi connectivity index (χ4n) is 3.71. The Bertz CT molecular complexity index is 650. The van der Waals surface area contributed by atoms with Crippen molar-refractivity contribution >= 4 is 5.91 Å². The topological polar surface area (TPSA) is 53.4 Å². The quantitative estimate of drug-likeness (QED) is 0.865. The minimum atomic E-state index is -4.23. The van der Waals surface area contributed by atoms with Crippen LogP contribution in [0.5, 0.6) is 0 Å². The van der Waals surface area contributed by atoms with E-state index in [0.717, 1.165) is 24.3 Å². The van der Waals surface area contributed by atoms with E-state index in [1.807, 2.05) is 18.7 Å². The second-order valence-electron chi connectivity index (χ2n) is 7.12. The van der Waals surface area contributed by atoms with Crippen LogP contribution in [-0.4, -0.2) is 77.5 Å². The van der Waals surface area contributed by atoms with Crippen LogP contribution in [0, 0.1) is 0 Å². The van der Waals surface area contributed by atoms with Gasteiger partial charge in [-0.15, -0.1) is 0 Å². The molecule has 0 bridgehead atoms. The summed E-state index contributed by atoms with van der Waals surface area (Å²) in [7, 11) is 2.02. The molecule has 9 heteroatoms. The third kappa shape index (κ3) is 4.20. The van der Waals surface area contributed by atoms with Crippen LogP contribution in [0.2, 0.25) is 0 Å². The fraction of sp³-hybridized carbons (Fsp3) is 0.765. The number of halogens is 3. The fourth-order valence-corrected chi connectivity index (χ4v) is 3.71. The Balaban J connectivity index is 1.77. The van der Waals surface area contributed by atoms with Crippen molar-refractivity contribution in [3.05, 3.63) is 17.0 Å². The van der Waals surface area contributed by atoms with Gasteiger partial charge in [0.2, 0.25) is 0 Å². The van der Waals surface area contributed by atoms with E-state index in [1.165, 1.54) is 0 Å². The van der Waals surface area contributed by atoms with Crippen LogP contribution < -0.4 is 5.32 Å². The second kappa shape index (κ2) is 7.56. The van der Waals surface area contributed by atoms with E-state index < -0.39 is 12.7 Å². The summed E-state index contributed by atoms with van der Waals surface area (Å²) in [5.74, 6) is -0.0991. The van der Waals surface area contributed by atoms with Crippen molar-refractivity contribution in [1.29, 1.82) is 0 Å². The number of carbonyl (C=O) groups is 1. The Morgan fingerprint density at radius 3 is 2.58 bits per heavy atom. The molecule has 0 radical (unpaired) electrons. The second-order valence-corrected chi connectivity index (χ2v) is 7.12. The number of piperazine rings is 1. The highest BCUT2D eigenvalue weighted by atomic mass is 19.4. The number of fused-ring (bicyclic) bond motifs is 1. The lowest BCUT2D eigenvalue weighted by atomic mass is 9.91. The molecule has 2 heterocycles. The van der Waals surface area contributed by atoms with Gasteiger partial charge in [-0.25, -0.2) is 0 Å². The van der Waals surface area contributed by atoms with Gasteiger partial charge in [0.05, 0.1) is 6.54 Å². The first-order chi connectivity index (χ1) is 12.3. The number of hydrogen-bond acceptors (Lipinski definition) is 4. The van der Waals surface area contributed by atoms with Gasteiger partial charge in [-0.2, -0.15) is 18.3 Å². The van der Waals surface area contributed by atoms with Gasteiger partial charge in [-0.05, 0) is 33.2 Å². The average Bonchev–Trinajstić information content (AvgIpc) is 2.97. The Morgan fingerprint density at radius 2 is 1.96 bits per heavy atom. The van der Waals surface area contributed by atoms with Crippen molar-refractivity contribution in [2.45, 2.75) is 44.9 Å². The number of carbonyl (C=O) groups excluding carboxylic acids is 1. The van der Waals surface area contributed by atoms with Gasteiger partial charge in [-0.3, -0.25) is 9.48 Å². The molecule has 2 aliphatic rings. The number of alkyl halides is 3. The van der Waals surface area contributed by atoms with Crippen molar-refractivity contribution in [3.63, 3.8) is 0 Å². The molecule has 0 saturated carbocycles. The summed E-state index contributed by atoms with van der Waals surface area (Å²) in [6.45, 7) is 4.55. The molecule has 1 amide bonds. The highest BCUT2D eigenvalue weighted by Gasteiger charge is 2.33. The van der Waals surface area contributed by atoms with Crippen LogP contribution in [0.4, 0.5) is 13.2 Å². The molecule has 1 aliphatic heterocycles. The molecule has 3 rings (SSSR count). The summed E-state index contributed by atoms with van der Waals surface area (Å²) in [4.78, 5) is 16.9. The Hall–Kier alpha value is -1.61. The standard InChI is InChI=1S/C17H26F3N5O/c1-3-25-14-5-4-12(21-11-17(18,19)20)10-13(14)15(22-25)16(26)24-8-6-23(2)7-9-24/h12,21H,3-11H2,1-2H3. The van der Waals surface area contributed by atoms with E-state index in [4.69, 9.17) is 0 Å². The molecular weight excluding hydrogens is 347 g/mol. The monoisotopic (exact) mass is 373 g/mol. The predicted octanol–water partition coefficient (Wildman–Crippen LogP) is 1.30. The number of aryl methyl sites for hydroxylation is 1. The normalized spacial score (nSPS) is 21.7. The molecule has 1 N–H and O–H groups in total. The number of hydrogen-bond donors (Lipinski definition) is 1. The van der Waals surface area contributed by atoms with E-state index in [-0.39, 0.29) is 11.9 Å². The van der Waals surface area contributed by atoms with Crippen molar-refractivity contribution < 1.29 is 18.0 Å². The molecule has 1 aromatic heterocycles. The minimum Gasteiger partial charge on any atom is -0.335 e. The third-order valence-corrected chi connectivity index (χ3v) is 5.23. The number of aromatic nitrogens is 2. The van der Waals surface area contributed by atoms with Crippen LogP contribution in [0.3, 0.4) is 0 Å². The van der Waals surface area contributed by atoms with Crippen LogP contribution >= 0.6 is 0 Å². The maximum Gasteiger partial charge on any atom is 0.401 e. The highest BCUT2D eigenvalue weighted by molar-refractivity contribution is 5.94. The highest BCUT2D eigenvalue weighted by Crippen LogP contribution is 2.27. The van der Waals surface area contributed by atoms with E-state index in [1.54, 1.807) is 4.90 Å². The number of nitrogens with zero attached hydrogens (tertiary/aromatic N) is 4. The number of likely N-dealkylation sites (N-methyl/N-ethyl adjacent to an activating group) is 1. The number of nitrogens with one attached hydrogen (secondary N) is 1. The van der Waals surface area contributed by atoms with E-state index in [9.17, 15) is 18.0 Å². The van der Waals surface area contributed by atoms with Gasteiger partial charge in [0, 0.05) is 50.0 Å². The van der Waals surface area contributed by atoms with Crippen molar-refractivity contribution in [2.24, 2.45) is 0 Å². The number of amides is 1. The predicted molar refractivity (Wildman–Crippen MR) is 91.2 cm³/mol. The molecule has 6 nitrogen and oxygen atoms in total. The van der Waals surface area contributed by atoms with Crippen LogP contribution in [-0.2, 0) is 19.4 Å². The lowest BCUT2D eigenvalue weighted by Crippen LogP contribution is -2.47. The smallest absolute Gasteiger partial charge is 0.335 e. The molecule has 0 aromatic carbocycles. The van der Waals surface area contributed by atoms with Gasteiger partial charge >= 0.3 is 6.18 Å². The van der Waals surface area contributed by atoms with E-state index in [0.29, 0.717) is 44.6 Å². The molecule has 1 unspecified atom stereocenters. The van der Waals surface area contributed by atoms with Gasteiger partial charge in [-0.1, -0.05) is 0 Å². The van der Waals surface area contributed by atoms with Crippen molar-refractivity contribution in [3.8, 4) is 0 Å². The van der Waals surface area contributed by atoms with Crippen molar-refractivity contribution in [1.82, 2.24) is 24.9 Å². The lowest BCUT2D eigenvalue weighted by Gasteiger charge is -2.32. The van der Waals surface area contributed by atoms with E-state index >= 15 is 0 Å². The van der Waals surface area contributed by atoms with Crippen LogP contribution in [0.15, 0.2) is 0 Å². The van der Waals surface area contributed by atoms with Crippen LogP contribution in [0.1, 0.15) is 35.1 Å². The molecule has 0 spiro atoms. The maximum atomic E-state index is 13.0. The lowest BCUT2D eigenvalue weighted by molar-refractivity contribution is -0.126. The SMILES string of the molecule is CCn1nc(C(=O)N2CCN(C)CC2)c2c1CCC(NCC(F)(F)F)C2. The summed E-state index contributed by atoms with van der Waals surface area (Å²) in [6.07, 6.45) is -2.55. The Labute approximate surface area is 151 Å². The zero-order valence-electron chi connectivity index (χ0n) is 15.3. The summed E-state index contributed by atoms with van der Waals surface area (Å²) in [5, 5.41) is 7.10. The zero-order chi connectivity index (χ0) is 18.9. The number of rotatable bonds is 4. The molecule has 1 atom stereocenters. The largest absolute Gasteiger partial charge is 0.401 e. The van der Waals surface area contributed by atoms with E-state index in [2.05, 4.69) is 15.3 Å². The molecule has 26 heavy (non-hydrogen) atoms. The van der Waals surface area contributed by atoms with Crippen molar-refractivity contribution in [2.75, 3.05) is 39.8 Å². The van der Waals surface area contributed by atoms with Gasteiger partial charge in [0.15, 0.2) is 5.69 Å². The third-order valence-electron chi connectivity index (χ3n) is 5.23. The zero-order valence-corrected chi connectivity index (χ0v) is 15.3. The average molecular weight is 373 g/mol. The van der Waals surface area contributed by atoms with Gasteiger partial charge in [0.1, 0.15) is 0 Å². The summed E-state index contributed by atoms with van der Waals surface area (Å²) in [6, 6.07) is -0.280. The molecule has 1 aliphatic carbocycles. The van der Waals surface area contributed by atoms with Gasteiger partial charge < -0.3 is 15.1 Å². The van der Waals surface area contributed by atoms with Gasteiger partial charge in [0.25, 0.3) is 5.91 Å². The summed E-state index contributed by atoms with van der Waals surface area (Å²) in [5.41, 5.74) is 2.24. The Kier molecular flexibility index (Phi) is 5.57. The molecule has 1 aromatic rings. The maximum absolute atomic E-state index is 13.0. The summed E-state index contributed by atoms with van der Waals surface area (Å²) >= 11 is 0. The molecule has 1 saturated heterocycles. The summed E-state index contributed by atoms with van der Waals surface area (Å²) < 4.78 is 39.3. The Morgan fingerprint density at radius 1 is 1.27 bits per heavy atom. The molecule has 1 fully saturated rings. The molecule has 146 valence electrons. The first-order valence-electron chi connectivity index (χ1n) is 9.15. The van der Waals surface area contributed by atoms with Crippen LogP contribution in [0.25, 0.3) is 0 Å². The first-order valence-corrected chi connectivity index (χ1v) is 9.15. The minimum absolute atomic E-state index is 0.0991. The molecular formula is C17H26F3N5O. The first kappa shape index (κ1) is 19.2.